The fourth-order valence-electron chi connectivity index (χ4n) is 1.29. The topological polar surface area (TPSA) is 29.1 Å². The molecule has 0 aliphatic heterocycles. The third-order valence-corrected chi connectivity index (χ3v) is 2.13. The largest absolute Gasteiger partial charge is 0.311 e. The van der Waals surface area contributed by atoms with E-state index in [0.29, 0.717) is 5.78 Å². The fraction of sp³-hybridized carbons (Fsp3) is 0.917. The maximum atomic E-state index is 11.8. The van der Waals surface area contributed by atoms with Crippen LogP contribution in [0.5, 0.6) is 0 Å². The second-order valence-corrected chi connectivity index (χ2v) is 6.15. The molecule has 0 radical (unpaired) electrons. The Morgan fingerprint density at radius 1 is 1.14 bits per heavy atom. The lowest BCUT2D eigenvalue weighted by Crippen LogP contribution is -2.42. The van der Waals surface area contributed by atoms with Crippen LogP contribution < -0.4 is 5.32 Å². The first-order valence-corrected chi connectivity index (χ1v) is 5.33. The lowest BCUT2D eigenvalue weighted by atomic mass is 9.83. The summed E-state index contributed by atoms with van der Waals surface area (Å²) in [6.07, 6.45) is 0. The van der Waals surface area contributed by atoms with Crippen LogP contribution in [0.3, 0.4) is 0 Å². The van der Waals surface area contributed by atoms with E-state index in [1.165, 1.54) is 0 Å². The van der Waals surface area contributed by atoms with E-state index in [2.05, 4.69) is 26.1 Å². The van der Waals surface area contributed by atoms with Crippen LogP contribution in [0.25, 0.3) is 0 Å². The van der Waals surface area contributed by atoms with Crippen LogP contribution in [-0.4, -0.2) is 17.9 Å². The molecule has 0 aromatic rings. The number of hydrogen-bond donors (Lipinski definition) is 1. The summed E-state index contributed by atoms with van der Waals surface area (Å²) < 4.78 is 0. The molecule has 0 saturated carbocycles. The van der Waals surface area contributed by atoms with Crippen LogP contribution in [0.15, 0.2) is 0 Å². The van der Waals surface area contributed by atoms with E-state index in [1.807, 2.05) is 27.7 Å². The molecule has 14 heavy (non-hydrogen) atoms. The molecule has 0 heterocycles. The van der Waals surface area contributed by atoms with Crippen molar-refractivity contribution >= 4 is 5.78 Å². The molecule has 1 N–H and O–H groups in total. The minimum absolute atomic E-state index is 0.0897. The van der Waals surface area contributed by atoms with Crippen LogP contribution in [0.4, 0.5) is 0 Å². The highest BCUT2D eigenvalue weighted by molar-refractivity contribution is 5.85. The number of nitrogens with one attached hydrogen (secondary N) is 1. The minimum Gasteiger partial charge on any atom is -0.311 e. The zero-order chi connectivity index (χ0) is 11.6. The van der Waals surface area contributed by atoms with Gasteiger partial charge in [-0.15, -0.1) is 0 Å². The summed E-state index contributed by atoms with van der Waals surface area (Å²) in [5.74, 6) is 0.420. The summed E-state index contributed by atoms with van der Waals surface area (Å²) in [4.78, 5) is 11.8. The molecule has 1 unspecified atom stereocenters. The van der Waals surface area contributed by atoms with Gasteiger partial charge in [0.1, 0.15) is 5.78 Å². The Kier molecular flexibility index (Phi) is 4.32. The molecule has 0 fully saturated rings. The quantitative estimate of drug-likeness (QED) is 0.757. The third-order valence-electron chi connectivity index (χ3n) is 2.13. The molecule has 0 spiro atoms. The molecular weight excluding hydrogens is 174 g/mol. The predicted octanol–water partition coefficient (Wildman–Crippen LogP) is 2.63. The van der Waals surface area contributed by atoms with Gasteiger partial charge in [-0.2, -0.15) is 0 Å². The van der Waals surface area contributed by atoms with Crippen LogP contribution >= 0.6 is 0 Å². The van der Waals surface area contributed by atoms with Gasteiger partial charge >= 0.3 is 0 Å². The molecule has 1 atom stereocenters. The van der Waals surface area contributed by atoms with E-state index in [1.54, 1.807) is 0 Å². The van der Waals surface area contributed by atoms with Gasteiger partial charge in [0, 0.05) is 23.4 Å². The number of carbonyl (C=O) groups excluding carboxylic acids is 1. The number of Topliss-reactive ketones (excluding diaryl/α,β-unsaturated/α-hetero) is 1. The van der Waals surface area contributed by atoms with Crippen molar-refractivity contribution in [1.82, 2.24) is 5.32 Å². The van der Waals surface area contributed by atoms with Crippen molar-refractivity contribution in [1.29, 1.82) is 0 Å². The first-order chi connectivity index (χ1) is 6.04. The molecule has 2 heteroatoms. The molecule has 0 aliphatic rings. The van der Waals surface area contributed by atoms with Crippen molar-refractivity contribution in [2.75, 3.05) is 6.54 Å². The molecular formula is C12H25NO. The first-order valence-electron chi connectivity index (χ1n) is 5.33. The highest BCUT2D eigenvalue weighted by atomic mass is 16.1. The average Bonchev–Trinajstić information content (AvgIpc) is 1.95. The Morgan fingerprint density at radius 2 is 1.57 bits per heavy atom. The third kappa shape index (κ3) is 5.38. The Bertz CT molecular complexity index is 195. The smallest absolute Gasteiger partial charge is 0.142 e. The van der Waals surface area contributed by atoms with Gasteiger partial charge in [0.05, 0.1) is 0 Å². The van der Waals surface area contributed by atoms with Crippen molar-refractivity contribution in [3.8, 4) is 0 Å². The second kappa shape index (κ2) is 4.43. The van der Waals surface area contributed by atoms with Crippen molar-refractivity contribution in [2.24, 2.45) is 11.3 Å². The van der Waals surface area contributed by atoms with E-state index >= 15 is 0 Å². The van der Waals surface area contributed by atoms with E-state index in [-0.39, 0.29) is 16.9 Å². The van der Waals surface area contributed by atoms with Gasteiger partial charge in [0.2, 0.25) is 0 Å². The SMILES string of the molecule is CC(CNC(C)(C)C)C(=O)C(C)(C)C. The number of hydrogen-bond acceptors (Lipinski definition) is 2. The molecule has 84 valence electrons. The summed E-state index contributed by atoms with van der Waals surface area (Å²) >= 11 is 0. The number of ketones is 1. The Morgan fingerprint density at radius 3 is 1.86 bits per heavy atom. The second-order valence-electron chi connectivity index (χ2n) is 6.15. The molecule has 0 aliphatic carbocycles. The predicted molar refractivity (Wildman–Crippen MR) is 61.4 cm³/mol. The lowest BCUT2D eigenvalue weighted by molar-refractivity contribution is -0.129. The molecule has 0 aromatic heterocycles. The van der Waals surface area contributed by atoms with E-state index in [4.69, 9.17) is 0 Å². The monoisotopic (exact) mass is 199 g/mol. The van der Waals surface area contributed by atoms with Gasteiger partial charge in [0.25, 0.3) is 0 Å². The highest BCUT2D eigenvalue weighted by Crippen LogP contribution is 2.19. The maximum Gasteiger partial charge on any atom is 0.142 e. The van der Waals surface area contributed by atoms with E-state index in [0.717, 1.165) is 6.54 Å². The van der Waals surface area contributed by atoms with Crippen molar-refractivity contribution in [2.45, 2.75) is 54.0 Å². The molecule has 0 saturated heterocycles. The lowest BCUT2D eigenvalue weighted by Gasteiger charge is -2.26. The normalized spacial score (nSPS) is 15.4. The van der Waals surface area contributed by atoms with E-state index < -0.39 is 0 Å². The molecule has 0 aromatic carbocycles. The highest BCUT2D eigenvalue weighted by Gasteiger charge is 2.26. The van der Waals surface area contributed by atoms with Crippen molar-refractivity contribution in [3.05, 3.63) is 0 Å². The maximum absolute atomic E-state index is 11.8. The summed E-state index contributed by atoms with van der Waals surface area (Å²) in [6, 6.07) is 0. The first kappa shape index (κ1) is 13.6. The zero-order valence-corrected chi connectivity index (χ0v) is 10.7. The van der Waals surface area contributed by atoms with Crippen LogP contribution in [0.1, 0.15) is 48.5 Å². The molecule has 0 bridgehead atoms. The zero-order valence-electron chi connectivity index (χ0n) is 10.7. The van der Waals surface area contributed by atoms with Gasteiger partial charge in [-0.1, -0.05) is 27.7 Å². The average molecular weight is 199 g/mol. The fourth-order valence-corrected chi connectivity index (χ4v) is 1.29. The van der Waals surface area contributed by atoms with Crippen LogP contribution in [-0.2, 0) is 4.79 Å². The van der Waals surface area contributed by atoms with Gasteiger partial charge in [-0.25, -0.2) is 0 Å². The van der Waals surface area contributed by atoms with Crippen molar-refractivity contribution < 1.29 is 4.79 Å². The molecule has 0 rings (SSSR count). The Balaban J connectivity index is 4.11. The van der Waals surface area contributed by atoms with Crippen LogP contribution in [0, 0.1) is 11.3 Å². The van der Waals surface area contributed by atoms with Gasteiger partial charge in [-0.3, -0.25) is 4.79 Å². The Hall–Kier alpha value is -0.370. The summed E-state index contributed by atoms with van der Waals surface area (Å²) in [6.45, 7) is 15.0. The van der Waals surface area contributed by atoms with Gasteiger partial charge in [0.15, 0.2) is 0 Å². The van der Waals surface area contributed by atoms with Crippen molar-refractivity contribution in [3.63, 3.8) is 0 Å². The Labute approximate surface area is 88.5 Å². The standard InChI is InChI=1S/C12H25NO/c1-9(8-13-12(5,6)7)10(14)11(2,3)4/h9,13H,8H2,1-7H3. The summed E-state index contributed by atoms with van der Waals surface area (Å²) in [5, 5.41) is 3.35. The molecule has 2 nitrogen and oxygen atoms in total. The minimum atomic E-state index is -0.223. The van der Waals surface area contributed by atoms with Gasteiger partial charge in [-0.05, 0) is 20.8 Å². The summed E-state index contributed by atoms with van der Waals surface area (Å²) in [5.41, 5.74) is -0.134. The van der Waals surface area contributed by atoms with E-state index in [9.17, 15) is 4.79 Å². The summed E-state index contributed by atoms with van der Waals surface area (Å²) in [7, 11) is 0. The van der Waals surface area contributed by atoms with Gasteiger partial charge < -0.3 is 5.32 Å². The van der Waals surface area contributed by atoms with Crippen LogP contribution in [0.2, 0.25) is 0 Å². The number of rotatable bonds is 3. The number of carbonyl (C=O) groups is 1. The molecule has 0 amide bonds.